The van der Waals surface area contributed by atoms with Crippen LogP contribution >= 0.6 is 11.6 Å². The Balaban J connectivity index is 2.04. The van der Waals surface area contributed by atoms with E-state index >= 15 is 0 Å². The van der Waals surface area contributed by atoms with Crippen LogP contribution in [0.15, 0.2) is 23.1 Å². The number of nitrogens with two attached hydrogens (primary N) is 1. The lowest BCUT2D eigenvalue weighted by molar-refractivity contribution is -0.120. The zero-order chi connectivity index (χ0) is 14.0. The molecule has 3 N–H and O–H groups in total. The third-order valence-corrected chi connectivity index (χ3v) is 4.85. The summed E-state index contributed by atoms with van der Waals surface area (Å²) in [5, 5.41) is 3.04. The summed E-state index contributed by atoms with van der Waals surface area (Å²) in [5.41, 5.74) is 5.78. The van der Waals surface area contributed by atoms with Crippen molar-refractivity contribution in [2.24, 2.45) is 0 Å². The van der Waals surface area contributed by atoms with Crippen LogP contribution in [0.25, 0.3) is 0 Å². The maximum atomic E-state index is 12.1. The van der Waals surface area contributed by atoms with Crippen LogP contribution in [0.5, 0.6) is 0 Å². The number of sulfone groups is 1. The zero-order valence-corrected chi connectivity index (χ0v) is 11.8. The van der Waals surface area contributed by atoms with Gasteiger partial charge in [0.1, 0.15) is 0 Å². The number of amides is 1. The molecule has 19 heavy (non-hydrogen) atoms. The number of carbonyl (C=O) groups excluding carboxylic acids is 1. The standard InChI is InChI=1S/C12H15ClN2O3S/c13-8-1-4-10(14)11(7-8)19(17,18)6-5-12(16)15-9-2-3-9/h1,4,7,9H,2-3,5-6,14H2,(H,15,16). The van der Waals surface area contributed by atoms with Gasteiger partial charge in [0.05, 0.1) is 16.3 Å². The van der Waals surface area contributed by atoms with E-state index in [4.69, 9.17) is 17.3 Å². The van der Waals surface area contributed by atoms with E-state index in [0.29, 0.717) is 5.02 Å². The van der Waals surface area contributed by atoms with Gasteiger partial charge in [0, 0.05) is 17.5 Å². The number of halogens is 1. The number of hydrogen-bond acceptors (Lipinski definition) is 4. The molecular weight excluding hydrogens is 288 g/mol. The second-order valence-corrected chi connectivity index (χ2v) is 7.11. The van der Waals surface area contributed by atoms with Crippen LogP contribution in [0.3, 0.4) is 0 Å². The predicted molar refractivity (Wildman–Crippen MR) is 73.7 cm³/mol. The maximum absolute atomic E-state index is 12.1. The summed E-state index contributed by atoms with van der Waals surface area (Å²) in [6.45, 7) is 0. The first-order chi connectivity index (χ1) is 8.88. The van der Waals surface area contributed by atoms with Gasteiger partial charge in [0.15, 0.2) is 9.84 Å². The van der Waals surface area contributed by atoms with E-state index in [-0.39, 0.29) is 34.7 Å². The molecule has 0 unspecified atom stereocenters. The van der Waals surface area contributed by atoms with Crippen molar-refractivity contribution in [3.8, 4) is 0 Å². The summed E-state index contributed by atoms with van der Waals surface area (Å²) < 4.78 is 24.2. The Bertz CT molecular complexity index is 597. The Morgan fingerprint density at radius 3 is 2.74 bits per heavy atom. The molecule has 1 fully saturated rings. The Hall–Kier alpha value is -1.27. The van der Waals surface area contributed by atoms with Crippen LogP contribution < -0.4 is 11.1 Å². The number of benzene rings is 1. The summed E-state index contributed by atoms with van der Waals surface area (Å²) >= 11 is 5.76. The molecule has 0 heterocycles. The highest BCUT2D eigenvalue weighted by Gasteiger charge is 2.25. The lowest BCUT2D eigenvalue weighted by Gasteiger charge is -2.08. The molecule has 104 valence electrons. The summed E-state index contributed by atoms with van der Waals surface area (Å²) in [6.07, 6.45) is 1.88. The second-order valence-electron chi connectivity index (χ2n) is 4.59. The summed E-state index contributed by atoms with van der Waals surface area (Å²) in [6, 6.07) is 4.51. The minimum Gasteiger partial charge on any atom is -0.398 e. The first kappa shape index (κ1) is 14.1. The quantitative estimate of drug-likeness (QED) is 0.804. The largest absolute Gasteiger partial charge is 0.398 e. The van der Waals surface area contributed by atoms with Gasteiger partial charge in [-0.1, -0.05) is 11.6 Å². The van der Waals surface area contributed by atoms with Crippen LogP contribution in [-0.4, -0.2) is 26.1 Å². The van der Waals surface area contributed by atoms with Crippen LogP contribution in [0.4, 0.5) is 5.69 Å². The Labute approximate surface area is 117 Å². The smallest absolute Gasteiger partial charge is 0.221 e. The Morgan fingerprint density at radius 1 is 1.42 bits per heavy atom. The van der Waals surface area contributed by atoms with Crippen molar-refractivity contribution in [3.63, 3.8) is 0 Å². The third kappa shape index (κ3) is 3.84. The number of nitrogens with one attached hydrogen (secondary N) is 1. The molecule has 1 aromatic rings. The fourth-order valence-corrected chi connectivity index (χ4v) is 3.29. The van der Waals surface area contributed by atoms with Gasteiger partial charge < -0.3 is 11.1 Å². The molecule has 1 aromatic carbocycles. The Morgan fingerprint density at radius 2 is 2.11 bits per heavy atom. The van der Waals surface area contributed by atoms with Gasteiger partial charge in [-0.05, 0) is 31.0 Å². The Kier molecular flexibility index (Phi) is 4.01. The number of anilines is 1. The molecule has 0 saturated heterocycles. The van der Waals surface area contributed by atoms with Crippen molar-refractivity contribution in [1.29, 1.82) is 0 Å². The zero-order valence-electron chi connectivity index (χ0n) is 10.2. The van der Waals surface area contributed by atoms with E-state index in [9.17, 15) is 13.2 Å². The average Bonchev–Trinajstić information content (AvgIpc) is 3.14. The second kappa shape index (κ2) is 5.38. The highest BCUT2D eigenvalue weighted by atomic mass is 35.5. The minimum atomic E-state index is -3.59. The lowest BCUT2D eigenvalue weighted by Crippen LogP contribution is -2.27. The average molecular weight is 303 g/mol. The molecule has 0 aromatic heterocycles. The minimum absolute atomic E-state index is 0.0146. The number of rotatable bonds is 5. The van der Waals surface area contributed by atoms with Crippen LogP contribution in [0.2, 0.25) is 5.02 Å². The highest BCUT2D eigenvalue weighted by Crippen LogP contribution is 2.24. The van der Waals surface area contributed by atoms with Crippen LogP contribution in [0, 0.1) is 0 Å². The third-order valence-electron chi connectivity index (χ3n) is 2.85. The molecule has 0 bridgehead atoms. The van der Waals surface area contributed by atoms with Crippen molar-refractivity contribution in [1.82, 2.24) is 5.32 Å². The van der Waals surface area contributed by atoms with Crippen molar-refractivity contribution in [3.05, 3.63) is 23.2 Å². The van der Waals surface area contributed by atoms with Gasteiger partial charge in [-0.2, -0.15) is 0 Å². The molecule has 0 atom stereocenters. The fourth-order valence-electron chi connectivity index (χ4n) is 1.64. The predicted octanol–water partition coefficient (Wildman–Crippen LogP) is 1.36. The van der Waals surface area contributed by atoms with Gasteiger partial charge in [-0.3, -0.25) is 4.79 Å². The number of hydrogen-bond donors (Lipinski definition) is 2. The molecule has 2 rings (SSSR count). The SMILES string of the molecule is Nc1ccc(Cl)cc1S(=O)(=O)CCC(=O)NC1CC1. The molecular formula is C12H15ClN2O3S. The monoisotopic (exact) mass is 302 g/mol. The van der Waals surface area contributed by atoms with Gasteiger partial charge in [-0.25, -0.2) is 8.42 Å². The summed E-state index contributed by atoms with van der Waals surface area (Å²) in [4.78, 5) is 11.5. The maximum Gasteiger partial charge on any atom is 0.221 e. The van der Waals surface area contributed by atoms with Crippen molar-refractivity contribution >= 4 is 33.0 Å². The lowest BCUT2D eigenvalue weighted by atomic mass is 10.3. The first-order valence-electron chi connectivity index (χ1n) is 5.95. The highest BCUT2D eigenvalue weighted by molar-refractivity contribution is 7.91. The molecule has 0 radical (unpaired) electrons. The van der Waals surface area contributed by atoms with E-state index in [0.717, 1.165) is 12.8 Å². The van der Waals surface area contributed by atoms with Gasteiger partial charge in [0.25, 0.3) is 0 Å². The topological polar surface area (TPSA) is 89.3 Å². The fraction of sp³-hybridized carbons (Fsp3) is 0.417. The van der Waals surface area contributed by atoms with E-state index in [2.05, 4.69) is 5.32 Å². The van der Waals surface area contributed by atoms with E-state index in [1.54, 1.807) is 0 Å². The van der Waals surface area contributed by atoms with Crippen molar-refractivity contribution in [2.75, 3.05) is 11.5 Å². The molecule has 1 aliphatic carbocycles. The van der Waals surface area contributed by atoms with Gasteiger partial charge >= 0.3 is 0 Å². The van der Waals surface area contributed by atoms with Gasteiger partial charge in [0.2, 0.25) is 5.91 Å². The first-order valence-corrected chi connectivity index (χ1v) is 7.98. The summed E-state index contributed by atoms with van der Waals surface area (Å²) in [5.74, 6) is -0.512. The molecule has 0 aliphatic heterocycles. The normalized spacial score (nSPS) is 15.2. The van der Waals surface area contributed by atoms with Crippen LogP contribution in [-0.2, 0) is 14.6 Å². The van der Waals surface area contributed by atoms with Crippen molar-refractivity contribution < 1.29 is 13.2 Å². The van der Waals surface area contributed by atoms with E-state index < -0.39 is 9.84 Å². The van der Waals surface area contributed by atoms with Gasteiger partial charge in [-0.15, -0.1) is 0 Å². The number of nitrogen functional groups attached to an aromatic ring is 1. The molecule has 1 amide bonds. The molecule has 1 aliphatic rings. The number of carbonyl (C=O) groups is 1. The molecule has 1 saturated carbocycles. The van der Waals surface area contributed by atoms with Crippen LogP contribution in [0.1, 0.15) is 19.3 Å². The molecule has 0 spiro atoms. The van der Waals surface area contributed by atoms with Crippen molar-refractivity contribution in [2.45, 2.75) is 30.2 Å². The van der Waals surface area contributed by atoms with E-state index in [1.807, 2.05) is 0 Å². The molecule has 7 heteroatoms. The summed E-state index contributed by atoms with van der Waals surface area (Å²) in [7, 11) is -3.59. The molecule has 5 nitrogen and oxygen atoms in total. The van der Waals surface area contributed by atoms with E-state index in [1.165, 1.54) is 18.2 Å².